The molecular formula is C25H35NO4. The van der Waals surface area contributed by atoms with E-state index >= 15 is 0 Å². The Bertz CT molecular complexity index is 819. The first kappa shape index (κ1) is 21.2. The van der Waals surface area contributed by atoms with Crippen LogP contribution < -0.4 is 14.8 Å². The molecule has 0 radical (unpaired) electrons. The zero-order valence-corrected chi connectivity index (χ0v) is 18.7. The van der Waals surface area contributed by atoms with Gasteiger partial charge < -0.3 is 19.5 Å². The fourth-order valence-corrected chi connectivity index (χ4v) is 5.81. The predicted octanol–water partition coefficient (Wildman–Crippen LogP) is 4.15. The first-order valence-corrected chi connectivity index (χ1v) is 11.3. The SMILES string of the molecule is COc1ccc(CCNC[C@H]2C(=O)O[C@@H]3C[C@@]4(C)CCC[C@H](C)C4=C[C@@H]32)cc1OC. The largest absolute Gasteiger partial charge is 0.493 e. The van der Waals surface area contributed by atoms with Crippen LogP contribution in [0.4, 0.5) is 0 Å². The Hall–Kier alpha value is -2.01. The second-order valence-corrected chi connectivity index (χ2v) is 9.48. The lowest BCUT2D eigenvalue weighted by molar-refractivity contribution is -0.145. The number of hydrogen-bond acceptors (Lipinski definition) is 5. The summed E-state index contributed by atoms with van der Waals surface area (Å²) in [4.78, 5) is 12.6. The van der Waals surface area contributed by atoms with E-state index in [0.29, 0.717) is 12.5 Å². The molecule has 1 heterocycles. The summed E-state index contributed by atoms with van der Waals surface area (Å²) in [6.07, 6.45) is 8.09. The molecule has 30 heavy (non-hydrogen) atoms. The average Bonchev–Trinajstić information content (AvgIpc) is 3.03. The monoisotopic (exact) mass is 413 g/mol. The number of esters is 1. The summed E-state index contributed by atoms with van der Waals surface area (Å²) in [7, 11) is 3.29. The molecule has 1 saturated heterocycles. The molecule has 0 amide bonds. The van der Waals surface area contributed by atoms with Gasteiger partial charge in [-0.1, -0.05) is 38.0 Å². The number of hydrogen-bond donors (Lipinski definition) is 1. The number of carbonyl (C=O) groups excluding carboxylic acids is 1. The van der Waals surface area contributed by atoms with Crippen LogP contribution in [0.15, 0.2) is 29.8 Å². The van der Waals surface area contributed by atoms with E-state index in [2.05, 4.69) is 31.3 Å². The Balaban J connectivity index is 1.36. The molecule has 0 aromatic heterocycles. The Morgan fingerprint density at radius 2 is 2.03 bits per heavy atom. The second-order valence-electron chi connectivity index (χ2n) is 9.48. The van der Waals surface area contributed by atoms with Crippen molar-refractivity contribution in [2.45, 2.75) is 52.1 Å². The van der Waals surface area contributed by atoms with Crippen molar-refractivity contribution >= 4 is 5.97 Å². The smallest absolute Gasteiger partial charge is 0.311 e. The van der Waals surface area contributed by atoms with E-state index in [-0.39, 0.29) is 29.3 Å². The highest BCUT2D eigenvalue weighted by Gasteiger charge is 2.51. The predicted molar refractivity (Wildman–Crippen MR) is 117 cm³/mol. The molecule has 2 aliphatic carbocycles. The van der Waals surface area contributed by atoms with E-state index in [9.17, 15) is 4.79 Å². The number of rotatable bonds is 7. The molecule has 164 valence electrons. The topological polar surface area (TPSA) is 56.8 Å². The lowest BCUT2D eigenvalue weighted by atomic mass is 9.59. The summed E-state index contributed by atoms with van der Waals surface area (Å²) in [5, 5.41) is 3.50. The summed E-state index contributed by atoms with van der Waals surface area (Å²) in [5.74, 6) is 2.22. The number of ether oxygens (including phenoxy) is 3. The van der Waals surface area contributed by atoms with Crippen molar-refractivity contribution in [2.24, 2.45) is 23.2 Å². The van der Waals surface area contributed by atoms with Gasteiger partial charge in [0.2, 0.25) is 0 Å². The molecule has 5 nitrogen and oxygen atoms in total. The number of nitrogens with one attached hydrogen (secondary N) is 1. The highest BCUT2D eigenvalue weighted by Crippen LogP contribution is 2.53. The van der Waals surface area contributed by atoms with Crippen molar-refractivity contribution in [1.82, 2.24) is 5.32 Å². The minimum absolute atomic E-state index is 0.0321. The molecule has 1 aromatic carbocycles. The molecule has 0 unspecified atom stereocenters. The summed E-state index contributed by atoms with van der Waals surface area (Å²) < 4.78 is 16.5. The van der Waals surface area contributed by atoms with E-state index in [1.807, 2.05) is 12.1 Å². The third kappa shape index (κ3) is 3.96. The number of carbonyl (C=O) groups is 1. The number of benzene rings is 1. The van der Waals surface area contributed by atoms with Crippen LogP contribution in [0.2, 0.25) is 0 Å². The van der Waals surface area contributed by atoms with E-state index in [4.69, 9.17) is 14.2 Å². The fourth-order valence-electron chi connectivity index (χ4n) is 5.81. The van der Waals surface area contributed by atoms with Gasteiger partial charge >= 0.3 is 5.97 Å². The van der Waals surface area contributed by atoms with Gasteiger partial charge in [0.1, 0.15) is 6.10 Å². The number of allylic oxidation sites excluding steroid dienone is 1. The average molecular weight is 414 g/mol. The van der Waals surface area contributed by atoms with Crippen LogP contribution >= 0.6 is 0 Å². The minimum atomic E-state index is -0.0772. The van der Waals surface area contributed by atoms with Gasteiger partial charge in [-0.05, 0) is 61.3 Å². The molecule has 0 bridgehead atoms. The molecule has 5 atom stereocenters. The lowest BCUT2D eigenvalue weighted by Crippen LogP contribution is -2.40. The van der Waals surface area contributed by atoms with Crippen LogP contribution in [0.5, 0.6) is 11.5 Å². The summed E-state index contributed by atoms with van der Waals surface area (Å²) in [6, 6.07) is 6.00. The Morgan fingerprint density at radius 1 is 1.23 bits per heavy atom. The quantitative estimate of drug-likeness (QED) is 0.413. The summed E-state index contributed by atoms with van der Waals surface area (Å²) in [6.45, 7) is 6.19. The Labute approximate surface area is 180 Å². The molecule has 0 spiro atoms. The third-order valence-corrected chi connectivity index (χ3v) is 7.48. The first-order valence-electron chi connectivity index (χ1n) is 11.3. The van der Waals surface area contributed by atoms with Crippen LogP contribution in [0, 0.1) is 23.2 Å². The number of methoxy groups -OCH3 is 2. The zero-order valence-electron chi connectivity index (χ0n) is 18.7. The second kappa shape index (κ2) is 8.62. The van der Waals surface area contributed by atoms with Crippen LogP contribution in [-0.4, -0.2) is 39.4 Å². The maximum Gasteiger partial charge on any atom is 0.311 e. The van der Waals surface area contributed by atoms with Gasteiger partial charge in [-0.2, -0.15) is 0 Å². The Kier molecular flexibility index (Phi) is 6.10. The minimum Gasteiger partial charge on any atom is -0.493 e. The normalized spacial score (nSPS) is 32.7. The van der Waals surface area contributed by atoms with Gasteiger partial charge in [-0.25, -0.2) is 0 Å². The lowest BCUT2D eigenvalue weighted by Gasteiger charge is -2.46. The molecule has 1 N–H and O–H groups in total. The maximum absolute atomic E-state index is 12.6. The molecule has 4 rings (SSSR count). The zero-order chi connectivity index (χ0) is 21.3. The van der Waals surface area contributed by atoms with Crippen LogP contribution in [0.1, 0.15) is 45.1 Å². The molecule has 1 aromatic rings. The summed E-state index contributed by atoms with van der Waals surface area (Å²) >= 11 is 0. The van der Waals surface area contributed by atoms with Crippen molar-refractivity contribution in [3.63, 3.8) is 0 Å². The van der Waals surface area contributed by atoms with E-state index in [0.717, 1.165) is 30.9 Å². The van der Waals surface area contributed by atoms with Crippen LogP contribution in [0.3, 0.4) is 0 Å². The molecule has 3 aliphatic rings. The molecular weight excluding hydrogens is 378 g/mol. The van der Waals surface area contributed by atoms with Crippen molar-refractivity contribution in [2.75, 3.05) is 27.3 Å². The van der Waals surface area contributed by atoms with Gasteiger partial charge in [0.25, 0.3) is 0 Å². The van der Waals surface area contributed by atoms with Gasteiger partial charge in [0.05, 0.1) is 20.1 Å². The van der Waals surface area contributed by atoms with Crippen LogP contribution in [-0.2, 0) is 16.0 Å². The van der Waals surface area contributed by atoms with Crippen molar-refractivity contribution < 1.29 is 19.0 Å². The number of fused-ring (bicyclic) bond motifs is 2. The third-order valence-electron chi connectivity index (χ3n) is 7.48. The van der Waals surface area contributed by atoms with Crippen LogP contribution in [0.25, 0.3) is 0 Å². The van der Waals surface area contributed by atoms with Crippen molar-refractivity contribution in [3.05, 3.63) is 35.4 Å². The molecule has 2 fully saturated rings. The highest BCUT2D eigenvalue weighted by molar-refractivity contribution is 5.76. The fraction of sp³-hybridized carbons (Fsp3) is 0.640. The van der Waals surface area contributed by atoms with Gasteiger partial charge in [0.15, 0.2) is 11.5 Å². The summed E-state index contributed by atoms with van der Waals surface area (Å²) in [5.41, 5.74) is 2.97. The highest BCUT2D eigenvalue weighted by atomic mass is 16.6. The van der Waals surface area contributed by atoms with Gasteiger partial charge in [-0.3, -0.25) is 4.79 Å². The maximum atomic E-state index is 12.6. The molecule has 5 heteroatoms. The van der Waals surface area contributed by atoms with Gasteiger partial charge in [0, 0.05) is 12.5 Å². The van der Waals surface area contributed by atoms with E-state index in [1.165, 1.54) is 24.8 Å². The van der Waals surface area contributed by atoms with Crippen molar-refractivity contribution in [3.8, 4) is 11.5 Å². The van der Waals surface area contributed by atoms with Gasteiger partial charge in [-0.15, -0.1) is 0 Å². The first-order chi connectivity index (χ1) is 14.4. The van der Waals surface area contributed by atoms with E-state index in [1.54, 1.807) is 19.8 Å². The van der Waals surface area contributed by atoms with E-state index < -0.39 is 0 Å². The Morgan fingerprint density at radius 3 is 2.80 bits per heavy atom. The standard InChI is InChI=1S/C25H35NO4/c1-16-6-5-10-25(2)14-23-18(13-20(16)25)19(24(27)30-23)15-26-11-9-17-7-8-21(28-3)22(12-17)29-4/h7-8,12-13,16,18-19,23,26H,5-6,9-11,14-15H2,1-4H3/t16-,18+,19+,23+,25+/m0/s1. The molecule has 1 saturated carbocycles. The molecule has 1 aliphatic heterocycles. The van der Waals surface area contributed by atoms with Crippen molar-refractivity contribution in [1.29, 1.82) is 0 Å².